The van der Waals surface area contributed by atoms with Gasteiger partial charge in [0.2, 0.25) is 0 Å². The number of hydrogen-bond acceptors (Lipinski definition) is 7. The summed E-state index contributed by atoms with van der Waals surface area (Å²) in [5.74, 6) is 1.15. The van der Waals surface area contributed by atoms with Crippen molar-refractivity contribution in [3.63, 3.8) is 0 Å². The van der Waals surface area contributed by atoms with Gasteiger partial charge in [0.15, 0.2) is 0 Å². The predicted octanol–water partition coefficient (Wildman–Crippen LogP) is -1.33. The third kappa shape index (κ3) is 8.80. The Hall–Kier alpha value is 0.110. The Bertz CT molecular complexity index is 211. The van der Waals surface area contributed by atoms with Gasteiger partial charge < -0.3 is 31.3 Å². The molecule has 7 N–H and O–H groups in total. The van der Waals surface area contributed by atoms with E-state index in [4.69, 9.17) is 15.9 Å². The molecule has 0 fully saturated rings. The fraction of sp³-hybridized carbons (Fsp3) is 1.00. The lowest BCUT2D eigenvalue weighted by Gasteiger charge is -2.25. The molecule has 4 atom stereocenters. The van der Waals surface area contributed by atoms with Gasteiger partial charge in [-0.2, -0.15) is 11.8 Å². The molecule has 0 saturated carbocycles. The number of nitrogens with two attached hydrogens (primary N) is 1. The van der Waals surface area contributed by atoms with Gasteiger partial charge in [0.25, 0.3) is 0 Å². The molecule has 0 aliphatic carbocycles. The van der Waals surface area contributed by atoms with Gasteiger partial charge in [-0.15, -0.1) is 0 Å². The zero-order valence-electron chi connectivity index (χ0n) is 11.2. The van der Waals surface area contributed by atoms with Gasteiger partial charge in [-0.1, -0.05) is 12.8 Å². The predicted molar refractivity (Wildman–Crippen MR) is 76.0 cm³/mol. The van der Waals surface area contributed by atoms with Gasteiger partial charge in [0.05, 0.1) is 12.7 Å². The molecule has 0 spiro atoms. The van der Waals surface area contributed by atoms with Crippen LogP contribution in [0.25, 0.3) is 0 Å². The molecule has 0 amide bonds. The normalized spacial score (nSPS) is 18.0. The van der Waals surface area contributed by atoms with E-state index in [0.717, 1.165) is 31.4 Å². The number of aliphatic hydroxyl groups excluding tert-OH is 5. The second-order valence-corrected chi connectivity index (χ2v) is 5.73. The maximum absolute atomic E-state index is 9.63. The minimum absolute atomic E-state index is 0.285. The van der Waals surface area contributed by atoms with E-state index < -0.39 is 31.0 Å². The van der Waals surface area contributed by atoms with Gasteiger partial charge in [0.1, 0.15) is 18.3 Å². The van der Waals surface area contributed by atoms with Crippen molar-refractivity contribution >= 4 is 11.8 Å². The van der Waals surface area contributed by atoms with Crippen LogP contribution in [0.4, 0.5) is 0 Å². The van der Waals surface area contributed by atoms with Crippen LogP contribution < -0.4 is 5.73 Å². The molecule has 6 nitrogen and oxygen atoms in total. The Morgan fingerprint density at radius 1 is 0.842 bits per heavy atom. The summed E-state index contributed by atoms with van der Waals surface area (Å²) in [5, 5.41) is 46.4. The number of hydrogen-bond donors (Lipinski definition) is 6. The largest absolute Gasteiger partial charge is 0.394 e. The molecule has 0 radical (unpaired) electrons. The van der Waals surface area contributed by atoms with Gasteiger partial charge >= 0.3 is 0 Å². The van der Waals surface area contributed by atoms with Crippen LogP contribution in [0.1, 0.15) is 25.7 Å². The lowest BCUT2D eigenvalue weighted by Crippen LogP contribution is -2.46. The van der Waals surface area contributed by atoms with Crippen LogP contribution >= 0.6 is 11.8 Å². The first-order valence-electron chi connectivity index (χ1n) is 6.65. The molecule has 0 aromatic rings. The maximum atomic E-state index is 9.63. The van der Waals surface area contributed by atoms with E-state index in [-0.39, 0.29) is 5.75 Å². The molecule has 0 bridgehead atoms. The van der Waals surface area contributed by atoms with Crippen LogP contribution in [-0.4, -0.2) is 74.6 Å². The highest BCUT2D eigenvalue weighted by Crippen LogP contribution is 2.13. The van der Waals surface area contributed by atoms with Crippen LogP contribution in [0.3, 0.4) is 0 Å². The van der Waals surface area contributed by atoms with Crippen LogP contribution in [0.5, 0.6) is 0 Å². The smallest absolute Gasteiger partial charge is 0.111 e. The minimum atomic E-state index is -1.54. The lowest BCUT2D eigenvalue weighted by atomic mass is 10.0. The van der Waals surface area contributed by atoms with Gasteiger partial charge in [0, 0.05) is 5.75 Å². The van der Waals surface area contributed by atoms with Crippen molar-refractivity contribution in [2.75, 3.05) is 24.7 Å². The fourth-order valence-electron chi connectivity index (χ4n) is 1.57. The topological polar surface area (TPSA) is 127 Å². The van der Waals surface area contributed by atoms with E-state index >= 15 is 0 Å². The molecule has 7 heteroatoms. The highest BCUT2D eigenvalue weighted by molar-refractivity contribution is 7.99. The Labute approximate surface area is 118 Å². The molecule has 0 aromatic carbocycles. The standard InChI is InChI=1S/C12H27NO5S/c13-5-3-1-2-4-6-19-8-10(16)12(18)11(17)9(15)7-14/h9-12,14-18H,1-8,13H2/t9-,10-,11-,12-/m1/s1. The molecule has 0 heterocycles. The van der Waals surface area contributed by atoms with Crippen molar-refractivity contribution in [1.82, 2.24) is 0 Å². The molecule has 116 valence electrons. The minimum Gasteiger partial charge on any atom is -0.394 e. The zero-order valence-corrected chi connectivity index (χ0v) is 12.0. The Kier molecular flexibility index (Phi) is 12.0. The molecule has 0 unspecified atom stereocenters. The zero-order chi connectivity index (χ0) is 14.7. The van der Waals surface area contributed by atoms with Crippen molar-refractivity contribution < 1.29 is 25.5 Å². The fourth-order valence-corrected chi connectivity index (χ4v) is 2.58. The van der Waals surface area contributed by atoms with E-state index in [2.05, 4.69) is 0 Å². The van der Waals surface area contributed by atoms with E-state index in [1.165, 1.54) is 11.8 Å². The van der Waals surface area contributed by atoms with Crippen molar-refractivity contribution in [2.45, 2.75) is 50.1 Å². The summed E-state index contributed by atoms with van der Waals surface area (Å²) >= 11 is 1.49. The summed E-state index contributed by atoms with van der Waals surface area (Å²) in [6.45, 7) is 0.0579. The second kappa shape index (κ2) is 11.9. The molecular weight excluding hydrogens is 270 g/mol. The first-order valence-corrected chi connectivity index (χ1v) is 7.81. The maximum Gasteiger partial charge on any atom is 0.111 e. The number of aliphatic hydroxyl groups is 5. The monoisotopic (exact) mass is 297 g/mol. The molecule has 0 aromatic heterocycles. The van der Waals surface area contributed by atoms with E-state index in [0.29, 0.717) is 6.54 Å². The first-order chi connectivity index (χ1) is 9.04. The van der Waals surface area contributed by atoms with Crippen LogP contribution in [-0.2, 0) is 0 Å². The van der Waals surface area contributed by atoms with Gasteiger partial charge in [-0.3, -0.25) is 0 Å². The average Bonchev–Trinajstić information content (AvgIpc) is 2.43. The van der Waals surface area contributed by atoms with Crippen LogP contribution in [0, 0.1) is 0 Å². The summed E-state index contributed by atoms with van der Waals surface area (Å²) in [5.41, 5.74) is 5.38. The SMILES string of the molecule is NCCCCCCSC[C@@H](O)[C@@H](O)[C@H](O)[C@H](O)CO. The van der Waals surface area contributed by atoms with Gasteiger partial charge in [-0.05, 0) is 25.1 Å². The van der Waals surface area contributed by atoms with Gasteiger partial charge in [-0.25, -0.2) is 0 Å². The number of rotatable bonds is 12. The molecule has 0 aliphatic rings. The molecule has 0 saturated heterocycles. The van der Waals surface area contributed by atoms with E-state index in [1.54, 1.807) is 0 Å². The van der Waals surface area contributed by atoms with Crippen LogP contribution in [0.15, 0.2) is 0 Å². The quantitative estimate of drug-likeness (QED) is 0.246. The summed E-state index contributed by atoms with van der Waals surface area (Å²) < 4.78 is 0. The van der Waals surface area contributed by atoms with Crippen molar-refractivity contribution in [3.05, 3.63) is 0 Å². The second-order valence-electron chi connectivity index (χ2n) is 4.58. The molecular formula is C12H27NO5S. The lowest BCUT2D eigenvalue weighted by molar-refractivity contribution is -0.109. The highest BCUT2D eigenvalue weighted by atomic mass is 32.2. The Morgan fingerprint density at radius 3 is 2.00 bits per heavy atom. The summed E-state index contributed by atoms with van der Waals surface area (Å²) in [6, 6.07) is 0. The van der Waals surface area contributed by atoms with Crippen molar-refractivity contribution in [2.24, 2.45) is 5.73 Å². The third-order valence-corrected chi connectivity index (χ3v) is 4.01. The Balaban J connectivity index is 3.64. The summed E-state index contributed by atoms with van der Waals surface area (Å²) in [7, 11) is 0. The van der Waals surface area contributed by atoms with Crippen molar-refractivity contribution in [1.29, 1.82) is 0 Å². The van der Waals surface area contributed by atoms with Crippen LogP contribution in [0.2, 0.25) is 0 Å². The number of unbranched alkanes of at least 4 members (excludes halogenated alkanes) is 3. The van der Waals surface area contributed by atoms with Crippen molar-refractivity contribution in [3.8, 4) is 0 Å². The third-order valence-electron chi connectivity index (χ3n) is 2.86. The molecule has 19 heavy (non-hydrogen) atoms. The average molecular weight is 297 g/mol. The summed E-state index contributed by atoms with van der Waals surface area (Å²) in [4.78, 5) is 0. The highest BCUT2D eigenvalue weighted by Gasteiger charge is 2.29. The molecule has 0 rings (SSSR count). The Morgan fingerprint density at radius 2 is 1.42 bits per heavy atom. The summed E-state index contributed by atoms with van der Waals surface area (Å²) in [6.07, 6.45) is -1.31. The van der Waals surface area contributed by atoms with E-state index in [9.17, 15) is 15.3 Å². The molecule has 0 aliphatic heterocycles. The first kappa shape index (κ1) is 19.1. The van der Waals surface area contributed by atoms with E-state index in [1.807, 2.05) is 0 Å². The number of thioether (sulfide) groups is 1.